The maximum atomic E-state index is 13.5. The van der Waals surface area contributed by atoms with E-state index in [1.807, 2.05) is 0 Å². The normalized spacial score (nSPS) is 14.3. The van der Waals surface area contributed by atoms with Crippen LogP contribution in [0.4, 0.5) is 34.1 Å². The number of nitrogens with zero attached hydrogens (tertiary/aromatic N) is 2. The van der Waals surface area contributed by atoms with Crippen molar-refractivity contribution < 1.29 is 109 Å². The fraction of sp³-hybridized carbons (Fsp3) is 0.125. The fourth-order valence-corrected chi connectivity index (χ4v) is 10.4. The van der Waals surface area contributed by atoms with E-state index in [1.54, 1.807) is 0 Å². The smallest absolute Gasteiger partial charge is 0.354 e. The Labute approximate surface area is 432 Å². The van der Waals surface area contributed by atoms with E-state index in [0.717, 1.165) is 66.7 Å². The maximum absolute atomic E-state index is 13.5. The van der Waals surface area contributed by atoms with Crippen LogP contribution in [-0.2, 0) is 60.2 Å². The molecule has 0 aliphatic carbocycles. The average molecular weight is 1180 g/mol. The number of phenols is 2. The molecule has 0 bridgehead atoms. The second-order valence-electron chi connectivity index (χ2n) is 15.6. The van der Waals surface area contributed by atoms with Crippen molar-refractivity contribution in [3.63, 3.8) is 0 Å². The van der Waals surface area contributed by atoms with Gasteiger partial charge in [0.05, 0.1) is 56.3 Å². The van der Waals surface area contributed by atoms with Gasteiger partial charge in [0, 0.05) is 34.4 Å². The van der Waals surface area contributed by atoms with Crippen LogP contribution >= 0.6 is 0 Å². The first-order valence-corrected chi connectivity index (χ1v) is 28.0. The number of carboxylic acids is 1. The molecule has 6 aromatic rings. The molecule has 1 amide bonds. The number of carbonyl (C=O) groups excluding carboxylic acids is 1. The summed E-state index contributed by atoms with van der Waals surface area (Å²) in [6.07, 6.45) is 0. The molecule has 1 heterocycles. The number of aliphatic carboxylic acids is 1. The van der Waals surface area contributed by atoms with Gasteiger partial charge in [0.1, 0.15) is 51.7 Å². The Morgan fingerprint density at radius 1 is 0.584 bits per heavy atom. The molecule has 0 radical (unpaired) electrons. The first kappa shape index (κ1) is 56.8. The molecule has 0 aromatic heterocycles. The van der Waals surface area contributed by atoms with Crippen molar-refractivity contribution in [2.75, 3.05) is 58.6 Å². The van der Waals surface area contributed by atoms with Gasteiger partial charge in [0.2, 0.25) is 0 Å². The third-order valence-electron chi connectivity index (χ3n) is 10.6. The Bertz CT molecular complexity index is 4030. The van der Waals surface area contributed by atoms with E-state index in [0.29, 0.717) is 17.1 Å². The van der Waals surface area contributed by atoms with Gasteiger partial charge in [0.25, 0.3) is 56.5 Å². The van der Waals surface area contributed by atoms with Gasteiger partial charge >= 0.3 is 5.97 Å². The maximum Gasteiger partial charge on any atom is 0.354 e. The molecule has 1 aliphatic heterocycles. The van der Waals surface area contributed by atoms with Crippen molar-refractivity contribution in [3.8, 4) is 23.0 Å². The molecule has 77 heavy (non-hydrogen) atoms. The lowest BCUT2D eigenvalue weighted by Crippen LogP contribution is -2.48. The highest BCUT2D eigenvalue weighted by Gasteiger charge is 2.41. The number of nitrogens with one attached hydrogen (secondary N) is 6. The molecule has 1 aliphatic rings. The van der Waals surface area contributed by atoms with Gasteiger partial charge in [-0.05, 0) is 66.0 Å². The highest BCUT2D eigenvalue weighted by molar-refractivity contribution is 7.87. The third kappa shape index (κ3) is 12.2. The minimum Gasteiger partial charge on any atom is -0.507 e. The number of aliphatic hydroxyl groups excluding tert-OH is 2. The number of aliphatic hydroxyl groups is 2. The number of hydrogen-bond donors (Lipinski definition) is 16. The number of carboxylic acid groups (broad SMARTS) is 1. The SMILES string of the molecule is O=C(O)C1=NN(c2ccc(S(=O)(=O)O)cc2)C(=O)C1NNc1ccc2c(O)c(NNc3cc(OCCO)c(NNc4cc(S(=O)(=O)O)cc5cc(S(=O)(=O)O)cc(O)c45)cc3OCCO)c(S(=O)(=O)O)cc2c1S(=O)(=O)O. The number of hydrazine groups is 3. The number of ether oxygens (including phenoxy) is 2. The zero-order chi connectivity index (χ0) is 56.7. The number of anilines is 6. The highest BCUT2D eigenvalue weighted by Crippen LogP contribution is 2.44. The predicted octanol–water partition coefficient (Wildman–Crippen LogP) is 1.03. The summed E-state index contributed by atoms with van der Waals surface area (Å²) in [6.45, 7) is -2.15. The highest BCUT2D eigenvalue weighted by atomic mass is 32.2. The van der Waals surface area contributed by atoms with Gasteiger partial charge in [-0.15, -0.1) is 0 Å². The summed E-state index contributed by atoms with van der Waals surface area (Å²) in [5.41, 5.74) is 10.9. The number of benzene rings is 6. The van der Waals surface area contributed by atoms with Crippen LogP contribution in [-0.4, -0.2) is 140 Å². The van der Waals surface area contributed by atoms with Gasteiger partial charge in [-0.25, -0.2) is 10.2 Å². The topological polar surface area (TPSA) is 513 Å². The molecule has 412 valence electrons. The van der Waals surface area contributed by atoms with Crippen molar-refractivity contribution in [1.29, 1.82) is 0 Å². The molecule has 0 saturated heterocycles. The lowest BCUT2D eigenvalue weighted by Gasteiger charge is -2.22. The third-order valence-corrected chi connectivity index (χ3v) is 15.0. The summed E-state index contributed by atoms with van der Waals surface area (Å²) in [7, 11) is -25.8. The van der Waals surface area contributed by atoms with E-state index in [9.17, 15) is 100.0 Å². The first-order valence-electron chi connectivity index (χ1n) is 20.8. The van der Waals surface area contributed by atoms with Gasteiger partial charge < -0.3 is 40.4 Å². The minimum atomic E-state index is -5.55. The Kier molecular flexibility index (Phi) is 15.7. The molecule has 16 N–H and O–H groups in total. The summed E-state index contributed by atoms with van der Waals surface area (Å²) in [6, 6.07) is 9.26. The average Bonchev–Trinajstić information content (AvgIpc) is 3.67. The van der Waals surface area contributed by atoms with Crippen LogP contribution in [0, 0.1) is 0 Å². The zero-order valence-electron chi connectivity index (χ0n) is 38.0. The van der Waals surface area contributed by atoms with Gasteiger partial charge in [-0.3, -0.25) is 49.3 Å². The standard InChI is InChI=1S/C40H38N8O24S5/c49-7-9-71-30-17-27(31(72-10-8-50)16-26(30)42-44-28-13-21(74(59,60)61)11-18-12-22(75(62,63)64)14-29(51)33(18)28)43-45-34-32(76(65,66)67)15-24-23(37(34)52)5-6-25(38(24)77(68,69)70)41-46-35-36(40(54)55)47-48(39(35)53)19-1-3-20(4-2-19)73(56,57)58/h1-6,11-17,35,41-46,49-52H,7-10H2,(H,54,55)(H,56,57,58)(H,59,60,61)(H,62,63,64)(H,65,66,67)(H,68,69,70). The minimum absolute atomic E-state index is 0.172. The van der Waals surface area contributed by atoms with E-state index in [2.05, 4.69) is 37.7 Å². The number of aromatic hydroxyl groups is 2. The summed E-state index contributed by atoms with van der Waals surface area (Å²) in [4.78, 5) is 20.8. The molecule has 1 atom stereocenters. The summed E-state index contributed by atoms with van der Waals surface area (Å²) < 4.78 is 184. The van der Waals surface area contributed by atoms with Crippen molar-refractivity contribution >= 4 is 124 Å². The number of phenolic OH excluding ortho intramolecular Hbond substituents is 2. The molecular weight excluding hydrogens is 1140 g/mol. The molecule has 1 unspecified atom stereocenters. The number of carbonyl (C=O) groups is 2. The Hall–Kier alpha value is -7.92. The molecule has 0 saturated carbocycles. The Morgan fingerprint density at radius 2 is 1.12 bits per heavy atom. The Morgan fingerprint density at radius 3 is 1.62 bits per heavy atom. The summed E-state index contributed by atoms with van der Waals surface area (Å²) in [5, 5.41) is 53.8. The molecule has 0 fully saturated rings. The van der Waals surface area contributed by atoms with E-state index in [1.165, 1.54) is 0 Å². The Balaban J connectivity index is 1.24. The van der Waals surface area contributed by atoms with E-state index < -0.39 is 159 Å². The number of hydrogen-bond acceptors (Lipinski definition) is 25. The summed E-state index contributed by atoms with van der Waals surface area (Å²) in [5.74, 6) is -5.44. The molecule has 37 heteroatoms. The number of rotatable bonds is 22. The second kappa shape index (κ2) is 21.2. The van der Waals surface area contributed by atoms with E-state index in [-0.39, 0.29) is 45.0 Å². The lowest BCUT2D eigenvalue weighted by atomic mass is 10.1. The second-order valence-corrected chi connectivity index (χ2v) is 22.7. The molecule has 6 aromatic carbocycles. The van der Waals surface area contributed by atoms with Crippen LogP contribution in [0.1, 0.15) is 0 Å². The quantitative estimate of drug-likeness (QED) is 0.0256. The number of hydrazone groups is 1. The largest absolute Gasteiger partial charge is 0.507 e. The van der Waals surface area contributed by atoms with Crippen LogP contribution in [0.15, 0.2) is 108 Å². The lowest BCUT2D eigenvalue weighted by molar-refractivity contribution is -0.130. The molecular formula is C40H38N8O24S5. The van der Waals surface area contributed by atoms with Crippen LogP contribution in [0.5, 0.6) is 23.0 Å². The van der Waals surface area contributed by atoms with E-state index in [4.69, 9.17) is 9.47 Å². The van der Waals surface area contributed by atoms with Gasteiger partial charge in [-0.1, -0.05) is 0 Å². The predicted molar refractivity (Wildman–Crippen MR) is 266 cm³/mol. The van der Waals surface area contributed by atoms with Gasteiger partial charge in [-0.2, -0.15) is 52.2 Å². The van der Waals surface area contributed by atoms with Crippen LogP contribution in [0.25, 0.3) is 21.5 Å². The van der Waals surface area contributed by atoms with Crippen molar-refractivity contribution in [2.45, 2.75) is 30.5 Å². The molecule has 0 spiro atoms. The number of fused-ring (bicyclic) bond motifs is 2. The number of amides is 1. The fourth-order valence-electron chi connectivity index (χ4n) is 7.35. The molecule has 7 rings (SSSR count). The van der Waals surface area contributed by atoms with Crippen molar-refractivity contribution in [3.05, 3.63) is 78.9 Å². The monoisotopic (exact) mass is 1170 g/mol. The van der Waals surface area contributed by atoms with Crippen LogP contribution < -0.4 is 47.0 Å². The van der Waals surface area contributed by atoms with Crippen LogP contribution in [0.2, 0.25) is 0 Å². The van der Waals surface area contributed by atoms with Gasteiger partial charge in [0.15, 0.2) is 11.8 Å². The first-order chi connectivity index (χ1) is 35.8. The van der Waals surface area contributed by atoms with Crippen molar-refractivity contribution in [1.82, 2.24) is 5.43 Å². The summed E-state index contributed by atoms with van der Waals surface area (Å²) >= 11 is 0. The van der Waals surface area contributed by atoms with Crippen molar-refractivity contribution in [2.24, 2.45) is 5.10 Å². The molecule has 32 nitrogen and oxygen atoms in total. The van der Waals surface area contributed by atoms with E-state index >= 15 is 0 Å². The zero-order valence-corrected chi connectivity index (χ0v) is 42.1. The van der Waals surface area contributed by atoms with Crippen LogP contribution in [0.3, 0.4) is 0 Å².